The molecular formula is C24H19N3O3. The van der Waals surface area contributed by atoms with Crippen LogP contribution in [0.2, 0.25) is 0 Å². The minimum Gasteiger partial charge on any atom is -0.464 e. The lowest BCUT2D eigenvalue weighted by atomic mass is 9.97. The SMILES string of the molecule is CC(=O)n1cc([C@H]2Oc3ccccc3[C@@H]3CC(c4ccco4)=NN23)c2ccccc21. The highest BCUT2D eigenvalue weighted by Gasteiger charge is 2.42. The zero-order chi connectivity index (χ0) is 20.2. The van der Waals surface area contributed by atoms with Gasteiger partial charge in [-0.2, -0.15) is 5.10 Å². The Morgan fingerprint density at radius 3 is 2.70 bits per heavy atom. The van der Waals surface area contributed by atoms with E-state index in [2.05, 4.69) is 6.07 Å². The Morgan fingerprint density at radius 2 is 1.87 bits per heavy atom. The molecule has 4 heterocycles. The Bertz CT molecular complexity index is 1300. The number of aromatic nitrogens is 1. The van der Waals surface area contributed by atoms with Gasteiger partial charge in [-0.1, -0.05) is 36.4 Å². The number of hydrogen-bond donors (Lipinski definition) is 0. The zero-order valence-corrected chi connectivity index (χ0v) is 16.4. The van der Waals surface area contributed by atoms with Gasteiger partial charge in [-0.05, 0) is 24.3 Å². The average molecular weight is 397 g/mol. The molecular weight excluding hydrogens is 378 g/mol. The van der Waals surface area contributed by atoms with Gasteiger partial charge in [0.05, 0.1) is 17.8 Å². The van der Waals surface area contributed by atoms with E-state index in [0.29, 0.717) is 0 Å². The molecule has 2 atom stereocenters. The van der Waals surface area contributed by atoms with Gasteiger partial charge in [0.15, 0.2) is 0 Å². The van der Waals surface area contributed by atoms with Crippen LogP contribution in [-0.4, -0.2) is 21.2 Å². The lowest BCUT2D eigenvalue weighted by molar-refractivity contribution is -0.0181. The maximum absolute atomic E-state index is 12.3. The van der Waals surface area contributed by atoms with Crippen molar-refractivity contribution < 1.29 is 13.9 Å². The van der Waals surface area contributed by atoms with Gasteiger partial charge in [-0.15, -0.1) is 0 Å². The summed E-state index contributed by atoms with van der Waals surface area (Å²) >= 11 is 0. The van der Waals surface area contributed by atoms with Crippen LogP contribution in [0, 0.1) is 0 Å². The first-order chi connectivity index (χ1) is 14.7. The summed E-state index contributed by atoms with van der Waals surface area (Å²) in [6.07, 6.45) is 3.83. The Balaban J connectivity index is 1.54. The second kappa shape index (κ2) is 6.35. The molecule has 30 heavy (non-hydrogen) atoms. The lowest BCUT2D eigenvalue weighted by Crippen LogP contribution is -2.33. The topological polar surface area (TPSA) is 60.0 Å². The van der Waals surface area contributed by atoms with Crippen LogP contribution in [0.1, 0.15) is 47.3 Å². The quantitative estimate of drug-likeness (QED) is 0.470. The zero-order valence-electron chi connectivity index (χ0n) is 16.4. The number of hydrogen-bond acceptors (Lipinski definition) is 5. The van der Waals surface area contributed by atoms with Gasteiger partial charge in [0, 0.05) is 36.1 Å². The summed E-state index contributed by atoms with van der Waals surface area (Å²) in [7, 11) is 0. The van der Waals surface area contributed by atoms with Gasteiger partial charge in [0.2, 0.25) is 12.1 Å². The van der Waals surface area contributed by atoms with Gasteiger partial charge in [-0.25, -0.2) is 5.01 Å². The third-order valence-corrected chi connectivity index (χ3v) is 5.85. The molecule has 0 N–H and O–H groups in total. The van der Waals surface area contributed by atoms with Crippen LogP contribution >= 0.6 is 0 Å². The van der Waals surface area contributed by atoms with Crippen molar-refractivity contribution in [3.8, 4) is 5.75 Å². The summed E-state index contributed by atoms with van der Waals surface area (Å²) in [5.74, 6) is 1.58. The number of para-hydroxylation sites is 2. The monoisotopic (exact) mass is 397 g/mol. The van der Waals surface area contributed by atoms with Crippen LogP contribution in [-0.2, 0) is 0 Å². The number of ether oxygens (including phenoxy) is 1. The van der Waals surface area contributed by atoms with E-state index in [1.54, 1.807) is 17.8 Å². The van der Waals surface area contributed by atoms with Crippen LogP contribution in [0.4, 0.5) is 0 Å². The maximum Gasteiger partial charge on any atom is 0.227 e. The number of carbonyl (C=O) groups excluding carboxylic acids is 1. The summed E-state index contributed by atoms with van der Waals surface area (Å²) in [5, 5.41) is 7.90. The van der Waals surface area contributed by atoms with Crippen molar-refractivity contribution in [1.29, 1.82) is 0 Å². The molecule has 2 aromatic heterocycles. The molecule has 2 aromatic carbocycles. The van der Waals surface area contributed by atoms with Gasteiger partial charge < -0.3 is 9.15 Å². The fourth-order valence-electron chi connectivity index (χ4n) is 4.49. The fraction of sp³-hybridized carbons (Fsp3) is 0.167. The summed E-state index contributed by atoms with van der Waals surface area (Å²) in [5.41, 5.74) is 3.79. The molecule has 148 valence electrons. The van der Waals surface area contributed by atoms with E-state index in [4.69, 9.17) is 14.3 Å². The second-order valence-electron chi connectivity index (χ2n) is 7.62. The summed E-state index contributed by atoms with van der Waals surface area (Å²) in [6.45, 7) is 1.57. The molecule has 4 aromatic rings. The molecule has 0 spiro atoms. The number of furan rings is 1. The van der Waals surface area contributed by atoms with Gasteiger partial charge in [0.1, 0.15) is 17.2 Å². The maximum atomic E-state index is 12.3. The Labute approximate surface area is 173 Å². The third kappa shape index (κ3) is 2.43. The van der Waals surface area contributed by atoms with E-state index >= 15 is 0 Å². The number of nitrogens with zero attached hydrogens (tertiary/aromatic N) is 3. The van der Waals surface area contributed by atoms with Crippen molar-refractivity contribution in [2.75, 3.05) is 0 Å². The standard InChI is InChI=1S/C24H19N3O3/c1-15(28)26-14-18(16-7-2-4-9-20(16)26)24-27-21(17-8-3-5-10-22(17)30-24)13-19(25-27)23-11-6-12-29-23/h2-12,14,21,24H,13H2,1H3/t21-,24+/m0/s1. The first kappa shape index (κ1) is 17.1. The lowest BCUT2D eigenvalue weighted by Gasteiger charge is -2.37. The van der Waals surface area contributed by atoms with Crippen LogP contribution in [0.15, 0.2) is 82.6 Å². The highest BCUT2D eigenvalue weighted by Crippen LogP contribution is 2.48. The predicted octanol–water partition coefficient (Wildman–Crippen LogP) is 5.14. The molecule has 0 saturated carbocycles. The molecule has 2 aliphatic rings. The average Bonchev–Trinajstić information content (AvgIpc) is 3.51. The normalized spacial score (nSPS) is 19.9. The molecule has 6 rings (SSSR count). The molecule has 0 unspecified atom stereocenters. The van der Waals surface area contributed by atoms with Gasteiger partial charge in [0.25, 0.3) is 0 Å². The smallest absolute Gasteiger partial charge is 0.227 e. The molecule has 6 nitrogen and oxygen atoms in total. The molecule has 0 aliphatic carbocycles. The van der Waals surface area contributed by atoms with E-state index in [-0.39, 0.29) is 11.9 Å². The highest BCUT2D eigenvalue weighted by atomic mass is 16.5. The van der Waals surface area contributed by atoms with Crippen molar-refractivity contribution in [3.05, 3.63) is 90.0 Å². The number of hydrazone groups is 1. The van der Waals surface area contributed by atoms with Crippen LogP contribution < -0.4 is 4.74 Å². The Kier molecular flexibility index (Phi) is 3.62. The third-order valence-electron chi connectivity index (χ3n) is 5.85. The summed E-state index contributed by atoms with van der Waals surface area (Å²) in [4.78, 5) is 12.3. The van der Waals surface area contributed by atoms with Crippen molar-refractivity contribution >= 4 is 22.5 Å². The molecule has 0 fully saturated rings. The van der Waals surface area contributed by atoms with Crippen molar-refractivity contribution in [3.63, 3.8) is 0 Å². The van der Waals surface area contributed by atoms with E-state index in [1.807, 2.05) is 65.8 Å². The van der Waals surface area contributed by atoms with E-state index < -0.39 is 6.23 Å². The summed E-state index contributed by atoms with van der Waals surface area (Å²) in [6, 6.07) is 19.8. The van der Waals surface area contributed by atoms with Crippen molar-refractivity contribution in [1.82, 2.24) is 9.58 Å². The number of benzene rings is 2. The van der Waals surface area contributed by atoms with E-state index in [9.17, 15) is 4.79 Å². The molecule has 0 amide bonds. The second-order valence-corrected chi connectivity index (χ2v) is 7.62. The van der Waals surface area contributed by atoms with E-state index in [1.165, 1.54) is 0 Å². The molecule has 0 radical (unpaired) electrons. The highest BCUT2D eigenvalue weighted by molar-refractivity contribution is 5.99. The predicted molar refractivity (Wildman–Crippen MR) is 112 cm³/mol. The van der Waals surface area contributed by atoms with Gasteiger partial charge >= 0.3 is 0 Å². The minimum absolute atomic E-state index is 0.0357. The number of fused-ring (bicyclic) bond motifs is 4. The number of carbonyl (C=O) groups is 1. The number of rotatable bonds is 2. The summed E-state index contributed by atoms with van der Waals surface area (Å²) < 4.78 is 13.8. The Hall–Kier alpha value is -3.80. The van der Waals surface area contributed by atoms with Gasteiger partial charge in [-0.3, -0.25) is 9.36 Å². The van der Waals surface area contributed by atoms with Crippen LogP contribution in [0.3, 0.4) is 0 Å². The van der Waals surface area contributed by atoms with Crippen LogP contribution in [0.25, 0.3) is 10.9 Å². The molecule has 0 saturated heterocycles. The molecule has 0 bridgehead atoms. The van der Waals surface area contributed by atoms with Crippen molar-refractivity contribution in [2.24, 2.45) is 5.10 Å². The van der Waals surface area contributed by atoms with Crippen LogP contribution in [0.5, 0.6) is 5.75 Å². The minimum atomic E-state index is -0.442. The largest absolute Gasteiger partial charge is 0.464 e. The molecule has 6 heteroatoms. The van der Waals surface area contributed by atoms with E-state index in [0.717, 1.165) is 45.7 Å². The van der Waals surface area contributed by atoms with Crippen molar-refractivity contribution in [2.45, 2.75) is 25.6 Å². The first-order valence-electron chi connectivity index (χ1n) is 9.97. The fourth-order valence-corrected chi connectivity index (χ4v) is 4.49. The molecule has 2 aliphatic heterocycles. The first-order valence-corrected chi connectivity index (χ1v) is 9.97. The Morgan fingerprint density at radius 1 is 1.03 bits per heavy atom.